The molecule has 1 aromatic rings. The zero-order valence-electron chi connectivity index (χ0n) is 3.38. The van der Waals surface area contributed by atoms with E-state index in [1.54, 1.807) is 11.3 Å². The fraction of sp³-hybridized carbons (Fsp3) is 0.333. The van der Waals surface area contributed by atoms with Gasteiger partial charge in [-0.2, -0.15) is 0 Å². The molecule has 1 nitrogen and oxygen atoms in total. The maximum absolute atomic E-state index is 4.03. The molecule has 0 spiro atoms. The van der Waals surface area contributed by atoms with Crippen molar-refractivity contribution in [1.29, 1.82) is 0 Å². The first-order chi connectivity index (χ1) is 2.89. The summed E-state index contributed by atoms with van der Waals surface area (Å²) in [5.41, 5.74) is 0. The van der Waals surface area contributed by atoms with Crippen molar-refractivity contribution in [2.45, 2.75) is 6.92 Å². The molecular weight excluding hydrogens is 113 g/mol. The summed E-state index contributed by atoms with van der Waals surface area (Å²) in [6, 6.07) is 0. The van der Waals surface area contributed by atoms with Crippen molar-refractivity contribution in [1.82, 2.24) is 4.75 Å². The van der Waals surface area contributed by atoms with Crippen LogP contribution in [0.3, 0.4) is 0 Å². The molecule has 3 heteroatoms. The Morgan fingerprint density at radius 3 is 3.00 bits per heavy atom. The van der Waals surface area contributed by atoms with Crippen molar-refractivity contribution < 1.29 is 0 Å². The Morgan fingerprint density at radius 1 is 2.00 bits per heavy atom. The molecule has 1 aromatic heterocycles. The second kappa shape index (κ2) is 1.67. The fourth-order valence-corrected chi connectivity index (χ4v) is 1.71. The number of nitrogens with zero attached hydrogens (tertiary/aromatic N) is 1. The van der Waals surface area contributed by atoms with E-state index in [0.29, 0.717) is 0 Å². The van der Waals surface area contributed by atoms with Gasteiger partial charge in [0.05, 0.1) is 5.01 Å². The van der Waals surface area contributed by atoms with Crippen LogP contribution < -0.4 is 0 Å². The zero-order chi connectivity index (χ0) is 4.41. The molecule has 0 fully saturated rings. The van der Waals surface area contributed by atoms with Gasteiger partial charge < -0.3 is 0 Å². The second-order valence-electron chi connectivity index (χ2n) is 0.958. The summed E-state index contributed by atoms with van der Waals surface area (Å²) in [5, 5.41) is 3.24. The molecule has 0 saturated heterocycles. The van der Waals surface area contributed by atoms with Gasteiger partial charge in [-0.05, 0) is 6.92 Å². The van der Waals surface area contributed by atoms with E-state index in [1.807, 2.05) is 6.92 Å². The Morgan fingerprint density at radius 2 is 2.83 bits per heavy atom. The van der Waals surface area contributed by atoms with E-state index in [-0.39, 0.29) is 0 Å². The van der Waals surface area contributed by atoms with Crippen LogP contribution in [-0.2, 0) is 0 Å². The van der Waals surface area contributed by atoms with Gasteiger partial charge in [0.1, 0.15) is 0 Å². The molecule has 1 heterocycles. The third kappa shape index (κ3) is 0.763. The van der Waals surface area contributed by atoms with Crippen LogP contribution in [-0.4, -0.2) is 4.75 Å². The van der Waals surface area contributed by atoms with Crippen LogP contribution in [0, 0.1) is 6.92 Å². The number of hydrogen-bond acceptors (Lipinski definition) is 2. The molecule has 0 atom stereocenters. The lowest BCUT2D eigenvalue weighted by atomic mass is 10.9. The van der Waals surface area contributed by atoms with Gasteiger partial charge in [-0.1, -0.05) is 0 Å². The average molecular weight is 117 g/mol. The minimum Gasteiger partial charge on any atom is -0.221 e. The van der Waals surface area contributed by atoms with E-state index in [1.165, 1.54) is 5.01 Å². The molecular formula is C3H4NPS. The molecule has 0 amide bonds. The zero-order valence-corrected chi connectivity index (χ0v) is 5.09. The molecule has 0 aliphatic rings. The summed E-state index contributed by atoms with van der Waals surface area (Å²) in [4.78, 5) is 0. The van der Waals surface area contributed by atoms with E-state index < -0.39 is 0 Å². The lowest BCUT2D eigenvalue weighted by Gasteiger charge is -1.64. The van der Waals surface area contributed by atoms with E-state index in [4.69, 9.17) is 0 Å². The molecule has 32 valence electrons. The molecule has 0 unspecified atom stereocenters. The van der Waals surface area contributed by atoms with Crippen LogP contribution >= 0.6 is 19.7 Å². The van der Waals surface area contributed by atoms with Crippen LogP contribution in [0.4, 0.5) is 0 Å². The van der Waals surface area contributed by atoms with Crippen molar-refractivity contribution in [2.75, 3.05) is 0 Å². The van der Waals surface area contributed by atoms with Crippen molar-refractivity contribution in [3.63, 3.8) is 0 Å². The summed E-state index contributed by atoms with van der Waals surface area (Å²) in [7, 11) is 1.11. The highest BCUT2D eigenvalue weighted by atomic mass is 32.1. The smallest absolute Gasteiger partial charge is 0.0946 e. The maximum atomic E-state index is 4.03. The van der Waals surface area contributed by atoms with Crippen LogP contribution in [0.15, 0.2) is 5.11 Å². The Balaban J connectivity index is 3.05. The third-order valence-corrected chi connectivity index (χ3v) is 2.25. The molecule has 0 N–H and O–H groups in total. The molecule has 1 rings (SSSR count). The number of rotatable bonds is 0. The summed E-state index contributed by atoms with van der Waals surface area (Å²) in [6.07, 6.45) is 0. The van der Waals surface area contributed by atoms with Gasteiger partial charge in [-0.3, -0.25) is 0 Å². The SMILES string of the molecule is Cc1npcs1. The normalized spacial score (nSPS) is 10.2. The molecule has 0 radical (unpaired) electrons. The first kappa shape index (κ1) is 4.23. The Bertz CT molecular complexity index is 114. The van der Waals surface area contributed by atoms with E-state index in [0.717, 1.165) is 8.35 Å². The van der Waals surface area contributed by atoms with Gasteiger partial charge in [0, 0.05) is 13.5 Å². The van der Waals surface area contributed by atoms with Crippen LogP contribution in [0.2, 0.25) is 0 Å². The highest BCUT2D eigenvalue weighted by Crippen LogP contribution is 2.09. The second-order valence-corrected chi connectivity index (χ2v) is 3.06. The summed E-state index contributed by atoms with van der Waals surface area (Å²) in [5.74, 6) is 0. The highest BCUT2D eigenvalue weighted by molar-refractivity contribution is 7.35. The van der Waals surface area contributed by atoms with Crippen molar-refractivity contribution in [2.24, 2.45) is 0 Å². The number of aromatic nitrogens is 1. The van der Waals surface area contributed by atoms with Crippen molar-refractivity contribution in [3.8, 4) is 0 Å². The summed E-state index contributed by atoms with van der Waals surface area (Å²) in [6.45, 7) is 2.02. The summed E-state index contributed by atoms with van der Waals surface area (Å²) >= 11 is 1.71. The van der Waals surface area contributed by atoms with Gasteiger partial charge in [0.15, 0.2) is 0 Å². The highest BCUT2D eigenvalue weighted by Gasteiger charge is 1.77. The van der Waals surface area contributed by atoms with Gasteiger partial charge in [-0.25, -0.2) is 4.75 Å². The standard InChI is InChI=1S/C3H4NPS/c1-3-4-5-2-6-3/h2H,1H3. The molecule has 0 bridgehead atoms. The van der Waals surface area contributed by atoms with E-state index >= 15 is 0 Å². The van der Waals surface area contributed by atoms with Gasteiger partial charge >= 0.3 is 0 Å². The first-order valence-corrected chi connectivity index (χ1v) is 3.42. The minimum absolute atomic E-state index is 1.11. The molecule has 0 aromatic carbocycles. The number of hydrogen-bond donors (Lipinski definition) is 0. The fourth-order valence-electron chi connectivity index (χ4n) is 0.228. The maximum Gasteiger partial charge on any atom is 0.0946 e. The minimum atomic E-state index is 1.11. The topological polar surface area (TPSA) is 12.9 Å². The van der Waals surface area contributed by atoms with Crippen molar-refractivity contribution in [3.05, 3.63) is 10.1 Å². The predicted molar refractivity (Wildman–Crippen MR) is 29.4 cm³/mol. The number of aryl methyl sites for hydroxylation is 1. The first-order valence-electron chi connectivity index (χ1n) is 1.62. The molecule has 0 saturated carbocycles. The Hall–Kier alpha value is 0.0600. The monoisotopic (exact) mass is 117 g/mol. The lowest BCUT2D eigenvalue weighted by Crippen LogP contribution is -1.52. The van der Waals surface area contributed by atoms with Crippen LogP contribution in [0.5, 0.6) is 0 Å². The van der Waals surface area contributed by atoms with Gasteiger partial charge in [0.2, 0.25) is 0 Å². The molecule has 6 heavy (non-hydrogen) atoms. The Labute approximate surface area is 42.2 Å². The Kier molecular flexibility index (Phi) is 1.18. The van der Waals surface area contributed by atoms with Crippen molar-refractivity contribution >= 4 is 19.7 Å². The quantitative estimate of drug-likeness (QED) is 0.506. The van der Waals surface area contributed by atoms with Gasteiger partial charge in [-0.15, -0.1) is 11.3 Å². The predicted octanol–water partition coefficient (Wildman–Crippen LogP) is 2.03. The molecule has 0 aliphatic heterocycles. The third-order valence-electron chi connectivity index (χ3n) is 0.469. The summed E-state index contributed by atoms with van der Waals surface area (Å²) < 4.78 is 4.03. The van der Waals surface area contributed by atoms with E-state index in [9.17, 15) is 0 Å². The van der Waals surface area contributed by atoms with E-state index in [2.05, 4.69) is 9.86 Å². The largest absolute Gasteiger partial charge is 0.221 e. The van der Waals surface area contributed by atoms with Crippen LogP contribution in [0.1, 0.15) is 5.01 Å². The van der Waals surface area contributed by atoms with Crippen LogP contribution in [0.25, 0.3) is 0 Å². The average Bonchev–Trinajstić information content (AvgIpc) is 1.86. The van der Waals surface area contributed by atoms with Gasteiger partial charge in [0.25, 0.3) is 0 Å². The lowest BCUT2D eigenvalue weighted by molar-refractivity contribution is 1.42. The molecule has 0 aliphatic carbocycles.